The number of halogens is 3. The molecule has 41 heavy (non-hydrogen) atoms. The number of hydrogen-bond donors (Lipinski definition) is 1. The molecule has 0 saturated carbocycles. The van der Waals surface area contributed by atoms with E-state index in [1.807, 2.05) is 6.92 Å². The van der Waals surface area contributed by atoms with Crippen LogP contribution < -0.4 is 13.8 Å². The lowest BCUT2D eigenvalue weighted by Gasteiger charge is -2.38. The standard InChI is InChI=1S/C30H26F3N2O5P/c1-21-28-19-24(36)16-15-23(28)18-29(35(21)20-22-9-8-14-27(17-22)38-30(31,32)33)34-41(37,39-25-10-4-2-5-11-25)40-26-12-6-3-7-13-26/h2-17,19,21,36H,18,20H2,1H3/b34-29-. The van der Waals surface area contributed by atoms with Gasteiger partial charge in [0.15, 0.2) is 0 Å². The SMILES string of the molecule is CC1c2cc(O)ccc2C/C(=N/P(=O)(Oc2ccccc2)Oc2ccccc2)N1Cc1cccc(OC(F)(F)F)c1. The van der Waals surface area contributed by atoms with Crippen molar-refractivity contribution >= 4 is 13.6 Å². The van der Waals surface area contributed by atoms with Gasteiger partial charge in [-0.25, -0.2) is 4.57 Å². The fourth-order valence-corrected chi connectivity index (χ4v) is 5.95. The molecule has 1 atom stereocenters. The molecule has 1 aliphatic rings. The van der Waals surface area contributed by atoms with Gasteiger partial charge in [0, 0.05) is 13.0 Å². The molecular formula is C30H26F3N2O5P. The number of alkyl halides is 3. The van der Waals surface area contributed by atoms with Crippen LogP contribution in [-0.4, -0.2) is 22.2 Å². The third-order valence-electron chi connectivity index (χ3n) is 6.38. The maximum absolute atomic E-state index is 14.3. The third kappa shape index (κ3) is 7.21. The zero-order chi connectivity index (χ0) is 29.0. The topological polar surface area (TPSA) is 80.6 Å². The summed E-state index contributed by atoms with van der Waals surface area (Å²) in [4.78, 5) is 1.80. The van der Waals surface area contributed by atoms with Crippen LogP contribution in [0.2, 0.25) is 0 Å². The van der Waals surface area contributed by atoms with Crippen LogP contribution >= 0.6 is 7.75 Å². The Morgan fingerprint density at radius 3 is 2.10 bits per heavy atom. The number of para-hydroxylation sites is 2. The Balaban J connectivity index is 1.57. The lowest BCUT2D eigenvalue weighted by molar-refractivity contribution is -0.274. The Kier molecular flexibility index (Phi) is 7.94. The Morgan fingerprint density at radius 1 is 0.878 bits per heavy atom. The molecule has 0 radical (unpaired) electrons. The molecule has 7 nitrogen and oxygen atoms in total. The molecule has 4 aromatic rings. The van der Waals surface area contributed by atoms with Crippen LogP contribution in [0.15, 0.2) is 108 Å². The van der Waals surface area contributed by atoms with Crippen molar-refractivity contribution < 1.29 is 36.6 Å². The van der Waals surface area contributed by atoms with Gasteiger partial charge in [-0.1, -0.05) is 54.6 Å². The summed E-state index contributed by atoms with van der Waals surface area (Å²) in [7, 11) is -4.24. The van der Waals surface area contributed by atoms with Crippen molar-refractivity contribution in [3.8, 4) is 23.0 Å². The predicted molar refractivity (Wildman–Crippen MR) is 148 cm³/mol. The molecule has 0 spiro atoms. The van der Waals surface area contributed by atoms with Gasteiger partial charge in [0.1, 0.15) is 28.8 Å². The number of ether oxygens (including phenoxy) is 1. The summed E-state index contributed by atoms with van der Waals surface area (Å²) in [6.07, 6.45) is -4.63. The van der Waals surface area contributed by atoms with Gasteiger partial charge in [-0.3, -0.25) is 0 Å². The molecule has 1 heterocycles. The van der Waals surface area contributed by atoms with E-state index in [0.29, 0.717) is 11.4 Å². The van der Waals surface area contributed by atoms with Gasteiger partial charge in [-0.2, -0.15) is 0 Å². The summed E-state index contributed by atoms with van der Waals surface area (Å²) in [6.45, 7) is 1.96. The van der Waals surface area contributed by atoms with E-state index in [1.165, 1.54) is 18.2 Å². The maximum Gasteiger partial charge on any atom is 0.573 e. The van der Waals surface area contributed by atoms with E-state index in [2.05, 4.69) is 9.50 Å². The van der Waals surface area contributed by atoms with Crippen molar-refractivity contribution in [3.05, 3.63) is 120 Å². The van der Waals surface area contributed by atoms with Gasteiger partial charge in [0.2, 0.25) is 0 Å². The first-order valence-corrected chi connectivity index (χ1v) is 14.2. The van der Waals surface area contributed by atoms with Crippen molar-refractivity contribution in [1.82, 2.24) is 4.90 Å². The second kappa shape index (κ2) is 11.6. The first-order chi connectivity index (χ1) is 19.6. The number of nitrogens with zero attached hydrogens (tertiary/aromatic N) is 2. The zero-order valence-corrected chi connectivity index (χ0v) is 22.8. The smallest absolute Gasteiger partial charge is 0.508 e. The zero-order valence-electron chi connectivity index (χ0n) is 21.9. The van der Waals surface area contributed by atoms with Gasteiger partial charge >= 0.3 is 14.1 Å². The summed E-state index contributed by atoms with van der Waals surface area (Å²) in [5, 5.41) is 10.2. The summed E-state index contributed by atoms with van der Waals surface area (Å²) < 4.78 is 73.3. The predicted octanol–water partition coefficient (Wildman–Crippen LogP) is 8.07. The van der Waals surface area contributed by atoms with Crippen molar-refractivity contribution in [3.63, 3.8) is 0 Å². The summed E-state index contributed by atoms with van der Waals surface area (Å²) >= 11 is 0. The molecule has 0 aliphatic carbocycles. The fourth-order valence-electron chi connectivity index (χ4n) is 4.58. The summed E-state index contributed by atoms with van der Waals surface area (Å²) in [6, 6.07) is 27.2. The Hall–Kier alpha value is -4.43. The van der Waals surface area contributed by atoms with Crippen LogP contribution in [0.4, 0.5) is 13.2 Å². The van der Waals surface area contributed by atoms with E-state index < -0.39 is 20.2 Å². The number of hydrogen-bond acceptors (Lipinski definition) is 5. The highest BCUT2D eigenvalue weighted by Crippen LogP contribution is 2.51. The van der Waals surface area contributed by atoms with E-state index in [0.717, 1.165) is 11.1 Å². The highest BCUT2D eigenvalue weighted by atomic mass is 31.2. The lowest BCUT2D eigenvalue weighted by atomic mass is 9.92. The average molecular weight is 583 g/mol. The van der Waals surface area contributed by atoms with Gasteiger partial charge in [-0.05, 0) is 72.1 Å². The molecule has 212 valence electrons. The fraction of sp³-hybridized carbons (Fsp3) is 0.167. The quantitative estimate of drug-likeness (QED) is 0.212. The number of aromatic hydroxyl groups is 1. The molecule has 0 fully saturated rings. The first kappa shape index (κ1) is 28.1. The summed E-state index contributed by atoms with van der Waals surface area (Å²) in [5.41, 5.74) is 2.14. The lowest BCUT2D eigenvalue weighted by Crippen LogP contribution is -2.39. The number of phenolic OH excluding ortho intramolecular Hbond substituents is 1. The van der Waals surface area contributed by atoms with E-state index in [-0.39, 0.29) is 36.0 Å². The minimum atomic E-state index is -4.84. The molecule has 0 bridgehead atoms. The van der Waals surface area contributed by atoms with Gasteiger partial charge in [0.05, 0.1) is 6.04 Å². The van der Waals surface area contributed by atoms with Crippen LogP contribution in [0.5, 0.6) is 23.0 Å². The van der Waals surface area contributed by atoms with E-state index in [4.69, 9.17) is 9.05 Å². The molecule has 4 aromatic carbocycles. The molecule has 0 aromatic heterocycles. The van der Waals surface area contributed by atoms with Crippen LogP contribution in [0, 0.1) is 0 Å². The Labute approximate surface area is 235 Å². The highest BCUT2D eigenvalue weighted by Gasteiger charge is 2.35. The van der Waals surface area contributed by atoms with Crippen LogP contribution in [0.25, 0.3) is 0 Å². The number of rotatable bonds is 8. The number of fused-ring (bicyclic) bond motifs is 1. The van der Waals surface area contributed by atoms with Gasteiger partial charge < -0.3 is 23.8 Å². The molecule has 0 amide bonds. The van der Waals surface area contributed by atoms with Crippen molar-refractivity contribution in [2.24, 2.45) is 4.76 Å². The van der Waals surface area contributed by atoms with Crippen LogP contribution in [0.1, 0.15) is 29.7 Å². The van der Waals surface area contributed by atoms with E-state index in [9.17, 15) is 22.8 Å². The minimum absolute atomic E-state index is 0.0713. The molecule has 0 saturated heterocycles. The Morgan fingerprint density at radius 2 is 1.49 bits per heavy atom. The molecule has 11 heteroatoms. The van der Waals surface area contributed by atoms with Gasteiger partial charge in [0.25, 0.3) is 0 Å². The van der Waals surface area contributed by atoms with Crippen molar-refractivity contribution in [1.29, 1.82) is 0 Å². The van der Waals surface area contributed by atoms with Crippen molar-refractivity contribution in [2.75, 3.05) is 0 Å². The molecule has 1 aliphatic heterocycles. The summed E-state index contributed by atoms with van der Waals surface area (Å²) in [5.74, 6) is 0.624. The molecular weight excluding hydrogens is 556 g/mol. The molecule has 1 unspecified atom stereocenters. The van der Waals surface area contributed by atoms with E-state index in [1.54, 1.807) is 89.8 Å². The normalized spacial score (nSPS) is 16.2. The highest BCUT2D eigenvalue weighted by molar-refractivity contribution is 7.53. The average Bonchev–Trinajstić information content (AvgIpc) is 2.91. The van der Waals surface area contributed by atoms with Crippen LogP contribution in [0.3, 0.4) is 0 Å². The number of amidine groups is 1. The van der Waals surface area contributed by atoms with Crippen molar-refractivity contribution in [2.45, 2.75) is 32.3 Å². The largest absolute Gasteiger partial charge is 0.573 e. The monoisotopic (exact) mass is 582 g/mol. The Bertz CT molecular complexity index is 1540. The second-order valence-corrected chi connectivity index (χ2v) is 10.9. The van der Waals surface area contributed by atoms with Crippen LogP contribution in [-0.2, 0) is 17.5 Å². The maximum atomic E-state index is 14.3. The third-order valence-corrected chi connectivity index (χ3v) is 7.74. The second-order valence-electron chi connectivity index (χ2n) is 9.35. The molecule has 5 rings (SSSR count). The number of benzene rings is 4. The molecule has 1 N–H and O–H groups in total. The number of phenols is 1. The van der Waals surface area contributed by atoms with E-state index >= 15 is 0 Å². The first-order valence-electron chi connectivity index (χ1n) is 12.7. The minimum Gasteiger partial charge on any atom is -0.508 e. The van der Waals surface area contributed by atoms with Gasteiger partial charge in [-0.15, -0.1) is 17.9 Å².